The highest BCUT2D eigenvalue weighted by Crippen LogP contribution is 2.37. The molecule has 0 spiro atoms. The molecular formula is C17H21N5O2. The van der Waals surface area contributed by atoms with Crippen LogP contribution in [0.1, 0.15) is 44.7 Å². The Morgan fingerprint density at radius 2 is 1.79 bits per heavy atom. The molecule has 3 rings (SSSR count). The first kappa shape index (κ1) is 16.3. The summed E-state index contributed by atoms with van der Waals surface area (Å²) in [5.41, 5.74) is -0.867. The van der Waals surface area contributed by atoms with Gasteiger partial charge in [-0.3, -0.25) is 0 Å². The number of hydrogen-bond donors (Lipinski definition) is 1. The lowest BCUT2D eigenvalue weighted by atomic mass is 9.87. The highest BCUT2D eigenvalue weighted by molar-refractivity contribution is 5.84. The third-order valence-corrected chi connectivity index (χ3v) is 4.73. The lowest BCUT2D eigenvalue weighted by molar-refractivity contribution is -0.143. The smallest absolute Gasteiger partial charge is 0.335 e. The third-order valence-electron chi connectivity index (χ3n) is 4.73. The maximum Gasteiger partial charge on any atom is 0.335 e. The molecule has 0 aliphatic heterocycles. The van der Waals surface area contributed by atoms with E-state index in [0.29, 0.717) is 11.5 Å². The van der Waals surface area contributed by atoms with Crippen LogP contribution in [0.2, 0.25) is 0 Å². The number of anilines is 1. The van der Waals surface area contributed by atoms with Crippen LogP contribution >= 0.6 is 0 Å². The molecule has 7 heteroatoms. The third kappa shape index (κ3) is 2.93. The summed E-state index contributed by atoms with van der Waals surface area (Å²) >= 11 is 0. The number of nitrogens with zero attached hydrogens (tertiary/aromatic N) is 5. The second kappa shape index (κ2) is 6.90. The summed E-state index contributed by atoms with van der Waals surface area (Å²) in [5.74, 6) is -0.342. The number of carboxylic acid groups (broad SMARTS) is 1. The molecule has 0 bridgehead atoms. The fourth-order valence-electron chi connectivity index (χ4n) is 3.46. The van der Waals surface area contributed by atoms with Gasteiger partial charge in [0.05, 0.1) is 5.69 Å². The van der Waals surface area contributed by atoms with Crippen molar-refractivity contribution in [2.24, 2.45) is 0 Å². The van der Waals surface area contributed by atoms with Crippen LogP contribution in [0.15, 0.2) is 37.2 Å². The molecule has 0 amide bonds. The molecule has 1 aliphatic carbocycles. The summed E-state index contributed by atoms with van der Waals surface area (Å²) in [4.78, 5) is 30.7. The summed E-state index contributed by atoms with van der Waals surface area (Å²) in [5, 5.41) is 10.1. The van der Waals surface area contributed by atoms with Gasteiger partial charge in [-0.1, -0.05) is 19.3 Å². The largest absolute Gasteiger partial charge is 0.479 e. The van der Waals surface area contributed by atoms with Crippen molar-refractivity contribution in [2.75, 3.05) is 4.90 Å². The van der Waals surface area contributed by atoms with E-state index in [9.17, 15) is 9.90 Å². The molecule has 0 radical (unpaired) electrons. The Kier molecular flexibility index (Phi) is 4.69. The van der Waals surface area contributed by atoms with Gasteiger partial charge >= 0.3 is 5.97 Å². The SMILES string of the molecule is CC(C(=O)O)(c1ccncn1)N(c1ccncn1)C1CCCCC1. The molecule has 24 heavy (non-hydrogen) atoms. The van der Waals surface area contributed by atoms with Crippen LogP contribution in [0.4, 0.5) is 5.82 Å². The number of hydrogen-bond acceptors (Lipinski definition) is 6. The first-order valence-electron chi connectivity index (χ1n) is 8.19. The van der Waals surface area contributed by atoms with Crippen LogP contribution in [0.25, 0.3) is 0 Å². The first-order valence-corrected chi connectivity index (χ1v) is 8.19. The van der Waals surface area contributed by atoms with Gasteiger partial charge in [0.2, 0.25) is 0 Å². The molecule has 2 aromatic rings. The van der Waals surface area contributed by atoms with E-state index in [0.717, 1.165) is 25.7 Å². The van der Waals surface area contributed by atoms with E-state index in [4.69, 9.17) is 0 Å². The van der Waals surface area contributed by atoms with Gasteiger partial charge in [0.15, 0.2) is 5.54 Å². The highest BCUT2D eigenvalue weighted by Gasteiger charge is 2.46. The van der Waals surface area contributed by atoms with Gasteiger partial charge in [0.1, 0.15) is 18.5 Å². The lowest BCUT2D eigenvalue weighted by Gasteiger charge is -2.44. The summed E-state index contributed by atoms with van der Waals surface area (Å²) in [6.45, 7) is 1.69. The van der Waals surface area contributed by atoms with E-state index in [2.05, 4.69) is 19.9 Å². The van der Waals surface area contributed by atoms with Crippen molar-refractivity contribution in [1.29, 1.82) is 0 Å². The minimum absolute atomic E-state index is 0.102. The summed E-state index contributed by atoms with van der Waals surface area (Å²) in [7, 11) is 0. The topological polar surface area (TPSA) is 92.1 Å². The van der Waals surface area contributed by atoms with E-state index in [-0.39, 0.29) is 6.04 Å². The predicted molar refractivity (Wildman–Crippen MR) is 88.4 cm³/mol. The van der Waals surface area contributed by atoms with Gasteiger partial charge in [-0.05, 0) is 31.9 Å². The molecule has 1 unspecified atom stereocenters. The minimum Gasteiger partial charge on any atom is -0.479 e. The Balaban J connectivity index is 2.12. The second-order valence-corrected chi connectivity index (χ2v) is 6.20. The molecule has 2 heterocycles. The average molecular weight is 327 g/mol. The van der Waals surface area contributed by atoms with Gasteiger partial charge < -0.3 is 10.0 Å². The van der Waals surface area contributed by atoms with Crippen LogP contribution in [-0.4, -0.2) is 37.1 Å². The number of carboxylic acids is 1. The monoisotopic (exact) mass is 327 g/mol. The van der Waals surface area contributed by atoms with Gasteiger partial charge in [-0.25, -0.2) is 24.7 Å². The molecule has 1 N–H and O–H groups in total. The standard InChI is InChI=1S/C17H21N5O2/c1-17(16(23)24,14-7-9-18-11-20-14)22(13-5-3-2-4-6-13)15-8-10-19-12-21-15/h7-13H,2-6H2,1H3,(H,23,24). The molecule has 1 fully saturated rings. The minimum atomic E-state index is -1.32. The van der Waals surface area contributed by atoms with Crippen LogP contribution in [0, 0.1) is 0 Å². The van der Waals surface area contributed by atoms with Crippen molar-refractivity contribution in [3.8, 4) is 0 Å². The zero-order chi connectivity index (χ0) is 17.0. The maximum atomic E-state index is 12.3. The predicted octanol–water partition coefficient (Wildman–Crippen LogP) is 2.41. The Hall–Kier alpha value is -2.57. The Morgan fingerprint density at radius 3 is 2.33 bits per heavy atom. The van der Waals surface area contributed by atoms with Crippen LogP contribution < -0.4 is 4.90 Å². The lowest BCUT2D eigenvalue weighted by Crippen LogP contribution is -2.56. The van der Waals surface area contributed by atoms with Gasteiger partial charge in [0.25, 0.3) is 0 Å². The van der Waals surface area contributed by atoms with Crippen molar-refractivity contribution < 1.29 is 9.90 Å². The summed E-state index contributed by atoms with van der Waals surface area (Å²) < 4.78 is 0. The first-order chi connectivity index (χ1) is 11.6. The molecule has 1 saturated carbocycles. The van der Waals surface area contributed by atoms with E-state index >= 15 is 0 Å². The highest BCUT2D eigenvalue weighted by atomic mass is 16.4. The van der Waals surface area contributed by atoms with Crippen LogP contribution in [-0.2, 0) is 10.3 Å². The molecule has 0 aromatic carbocycles. The Bertz CT molecular complexity index is 676. The van der Waals surface area contributed by atoms with Gasteiger partial charge in [-0.15, -0.1) is 0 Å². The van der Waals surface area contributed by atoms with Gasteiger partial charge in [-0.2, -0.15) is 0 Å². The molecule has 126 valence electrons. The number of carbonyl (C=O) groups is 1. The van der Waals surface area contributed by atoms with E-state index in [1.807, 2.05) is 4.90 Å². The summed E-state index contributed by atoms with van der Waals surface area (Å²) in [6, 6.07) is 3.52. The van der Waals surface area contributed by atoms with E-state index in [1.54, 1.807) is 31.5 Å². The summed E-state index contributed by atoms with van der Waals surface area (Å²) in [6.07, 6.45) is 11.3. The fraction of sp³-hybridized carbons (Fsp3) is 0.471. The van der Waals surface area contributed by atoms with Crippen molar-refractivity contribution >= 4 is 11.8 Å². The zero-order valence-corrected chi connectivity index (χ0v) is 13.7. The number of aliphatic carboxylic acids is 1. The fourth-order valence-corrected chi connectivity index (χ4v) is 3.46. The molecule has 2 aromatic heterocycles. The Morgan fingerprint density at radius 1 is 1.12 bits per heavy atom. The number of rotatable bonds is 5. The molecule has 0 saturated heterocycles. The van der Waals surface area contributed by atoms with Crippen molar-refractivity contribution in [3.05, 3.63) is 42.9 Å². The maximum absolute atomic E-state index is 12.3. The normalized spacial score (nSPS) is 17.9. The number of aromatic nitrogens is 4. The molecule has 1 aliphatic rings. The van der Waals surface area contributed by atoms with Gasteiger partial charge in [0, 0.05) is 18.4 Å². The second-order valence-electron chi connectivity index (χ2n) is 6.20. The van der Waals surface area contributed by atoms with E-state index < -0.39 is 11.5 Å². The van der Waals surface area contributed by atoms with Crippen molar-refractivity contribution in [3.63, 3.8) is 0 Å². The van der Waals surface area contributed by atoms with Crippen LogP contribution in [0.5, 0.6) is 0 Å². The quantitative estimate of drug-likeness (QED) is 0.901. The average Bonchev–Trinajstić information content (AvgIpc) is 2.64. The molecule has 7 nitrogen and oxygen atoms in total. The van der Waals surface area contributed by atoms with Crippen molar-refractivity contribution in [2.45, 2.75) is 50.6 Å². The molecule has 1 atom stereocenters. The van der Waals surface area contributed by atoms with Crippen LogP contribution in [0.3, 0.4) is 0 Å². The van der Waals surface area contributed by atoms with E-state index in [1.165, 1.54) is 19.1 Å². The molecular weight excluding hydrogens is 306 g/mol. The Labute approximate surface area is 140 Å². The van der Waals surface area contributed by atoms with Crippen molar-refractivity contribution in [1.82, 2.24) is 19.9 Å². The zero-order valence-electron chi connectivity index (χ0n) is 13.7.